The lowest BCUT2D eigenvalue weighted by Crippen LogP contribution is -2.37. The van der Waals surface area contributed by atoms with Gasteiger partial charge >= 0.3 is 0 Å². The van der Waals surface area contributed by atoms with Gasteiger partial charge in [-0.1, -0.05) is 18.2 Å². The third-order valence-corrected chi connectivity index (χ3v) is 3.89. The molecule has 5 nitrogen and oxygen atoms in total. The fraction of sp³-hybridized carbons (Fsp3) is 0.235. The number of amides is 1. The molecule has 0 aliphatic carbocycles. The molecule has 0 saturated carbocycles. The molecular formula is C17H15NO4. The summed E-state index contributed by atoms with van der Waals surface area (Å²) in [7, 11) is 0. The summed E-state index contributed by atoms with van der Waals surface area (Å²) >= 11 is 0. The first-order chi connectivity index (χ1) is 10.7. The number of rotatable bonds is 1. The van der Waals surface area contributed by atoms with Crippen molar-refractivity contribution in [2.24, 2.45) is 0 Å². The zero-order valence-electron chi connectivity index (χ0n) is 12.1. The number of para-hydroxylation sites is 1. The van der Waals surface area contributed by atoms with Crippen molar-refractivity contribution in [1.29, 1.82) is 0 Å². The van der Waals surface area contributed by atoms with Crippen LogP contribution in [0.15, 0.2) is 42.5 Å². The number of carbonyl (C=O) groups excluding carboxylic acids is 1. The Balaban J connectivity index is 1.75. The molecule has 0 fully saturated rings. The Morgan fingerprint density at radius 3 is 2.77 bits per heavy atom. The largest absolute Gasteiger partial charge is 0.481 e. The van der Waals surface area contributed by atoms with Crippen LogP contribution >= 0.6 is 0 Å². The SMILES string of the molecule is C[C@H]1Oc2ccccc2CN(c2ccc3c(c2)OCO3)C1=O. The minimum atomic E-state index is -0.533. The molecule has 112 valence electrons. The number of ether oxygens (including phenoxy) is 3. The molecule has 0 saturated heterocycles. The van der Waals surface area contributed by atoms with Crippen LogP contribution in [0.2, 0.25) is 0 Å². The molecule has 22 heavy (non-hydrogen) atoms. The van der Waals surface area contributed by atoms with Gasteiger partial charge in [-0.05, 0) is 25.1 Å². The van der Waals surface area contributed by atoms with E-state index in [1.165, 1.54) is 0 Å². The van der Waals surface area contributed by atoms with Crippen LogP contribution in [-0.4, -0.2) is 18.8 Å². The average molecular weight is 297 g/mol. The van der Waals surface area contributed by atoms with Gasteiger partial charge in [0.25, 0.3) is 5.91 Å². The standard InChI is InChI=1S/C17H15NO4/c1-11-17(19)18(9-12-4-2-3-5-14(12)22-11)13-6-7-15-16(8-13)21-10-20-15/h2-8,11H,9-10H2,1H3/t11-/m1/s1. The molecule has 5 heteroatoms. The highest BCUT2D eigenvalue weighted by Gasteiger charge is 2.29. The monoisotopic (exact) mass is 297 g/mol. The minimum Gasteiger partial charge on any atom is -0.481 e. The van der Waals surface area contributed by atoms with Crippen LogP contribution < -0.4 is 19.1 Å². The number of carbonyl (C=O) groups is 1. The average Bonchev–Trinajstić information content (AvgIpc) is 2.96. The lowest BCUT2D eigenvalue weighted by molar-refractivity contribution is -0.124. The van der Waals surface area contributed by atoms with Crippen LogP contribution in [0, 0.1) is 0 Å². The highest BCUT2D eigenvalue weighted by atomic mass is 16.7. The fourth-order valence-electron chi connectivity index (χ4n) is 2.73. The van der Waals surface area contributed by atoms with Crippen LogP contribution in [0.4, 0.5) is 5.69 Å². The van der Waals surface area contributed by atoms with Crippen LogP contribution in [-0.2, 0) is 11.3 Å². The second kappa shape index (κ2) is 4.94. The maximum absolute atomic E-state index is 12.6. The van der Waals surface area contributed by atoms with Gasteiger partial charge in [-0.2, -0.15) is 0 Å². The van der Waals surface area contributed by atoms with E-state index in [0.29, 0.717) is 18.0 Å². The maximum atomic E-state index is 12.6. The Morgan fingerprint density at radius 2 is 1.86 bits per heavy atom. The van der Waals surface area contributed by atoms with E-state index in [4.69, 9.17) is 14.2 Å². The van der Waals surface area contributed by atoms with E-state index in [9.17, 15) is 4.79 Å². The first kappa shape index (κ1) is 13.0. The normalized spacial score (nSPS) is 19.4. The van der Waals surface area contributed by atoms with Crippen LogP contribution in [0.3, 0.4) is 0 Å². The van der Waals surface area contributed by atoms with Gasteiger partial charge in [-0.3, -0.25) is 4.79 Å². The first-order valence-electron chi connectivity index (χ1n) is 7.18. The summed E-state index contributed by atoms with van der Waals surface area (Å²) in [6, 6.07) is 13.2. The number of fused-ring (bicyclic) bond motifs is 2. The minimum absolute atomic E-state index is 0.0740. The van der Waals surface area contributed by atoms with Crippen LogP contribution in [0.5, 0.6) is 17.2 Å². The highest BCUT2D eigenvalue weighted by molar-refractivity contribution is 5.97. The van der Waals surface area contributed by atoms with Crippen molar-refractivity contribution in [1.82, 2.24) is 0 Å². The molecule has 0 aromatic heterocycles. The van der Waals surface area contributed by atoms with Gasteiger partial charge in [-0.15, -0.1) is 0 Å². The predicted molar refractivity (Wildman–Crippen MR) is 80.3 cm³/mol. The summed E-state index contributed by atoms with van der Waals surface area (Å²) in [4.78, 5) is 14.4. The Kier molecular flexibility index (Phi) is 2.92. The van der Waals surface area contributed by atoms with Crippen molar-refractivity contribution in [3.8, 4) is 17.2 Å². The van der Waals surface area contributed by atoms with E-state index >= 15 is 0 Å². The van der Waals surface area contributed by atoms with E-state index in [0.717, 1.165) is 17.0 Å². The zero-order chi connectivity index (χ0) is 15.1. The maximum Gasteiger partial charge on any atom is 0.268 e. The Morgan fingerprint density at radius 1 is 1.05 bits per heavy atom. The van der Waals surface area contributed by atoms with E-state index < -0.39 is 6.10 Å². The van der Waals surface area contributed by atoms with Crippen molar-refractivity contribution in [3.05, 3.63) is 48.0 Å². The Labute approximate surface area is 128 Å². The number of hydrogen-bond donors (Lipinski definition) is 0. The molecule has 1 atom stereocenters. The molecule has 1 amide bonds. The van der Waals surface area contributed by atoms with E-state index in [2.05, 4.69) is 0 Å². The molecule has 2 aromatic rings. The summed E-state index contributed by atoms with van der Waals surface area (Å²) in [5.41, 5.74) is 1.76. The van der Waals surface area contributed by atoms with Gasteiger partial charge in [-0.25, -0.2) is 0 Å². The van der Waals surface area contributed by atoms with Crippen molar-refractivity contribution < 1.29 is 19.0 Å². The van der Waals surface area contributed by atoms with Gasteiger partial charge in [0.2, 0.25) is 6.79 Å². The molecule has 2 aromatic carbocycles. The summed E-state index contributed by atoms with van der Waals surface area (Å²) < 4.78 is 16.5. The number of hydrogen-bond acceptors (Lipinski definition) is 4. The van der Waals surface area contributed by atoms with Crippen molar-refractivity contribution in [2.75, 3.05) is 11.7 Å². The molecule has 0 radical (unpaired) electrons. The lowest BCUT2D eigenvalue weighted by atomic mass is 10.1. The topological polar surface area (TPSA) is 48.0 Å². The zero-order valence-corrected chi connectivity index (χ0v) is 12.1. The molecule has 0 N–H and O–H groups in total. The molecule has 0 spiro atoms. The molecule has 0 unspecified atom stereocenters. The second-order valence-corrected chi connectivity index (χ2v) is 5.33. The van der Waals surface area contributed by atoms with Crippen LogP contribution in [0.25, 0.3) is 0 Å². The van der Waals surface area contributed by atoms with Gasteiger partial charge in [0.1, 0.15) is 5.75 Å². The van der Waals surface area contributed by atoms with E-state index in [-0.39, 0.29) is 12.7 Å². The highest BCUT2D eigenvalue weighted by Crippen LogP contribution is 2.37. The summed E-state index contributed by atoms with van der Waals surface area (Å²) in [6.07, 6.45) is -0.533. The molecular weight excluding hydrogens is 282 g/mol. The van der Waals surface area contributed by atoms with E-state index in [1.807, 2.05) is 42.5 Å². The fourth-order valence-corrected chi connectivity index (χ4v) is 2.73. The van der Waals surface area contributed by atoms with Crippen LogP contribution in [0.1, 0.15) is 12.5 Å². The molecule has 2 aliphatic rings. The lowest BCUT2D eigenvalue weighted by Gasteiger charge is -2.22. The second-order valence-electron chi connectivity index (χ2n) is 5.33. The molecule has 0 bridgehead atoms. The summed E-state index contributed by atoms with van der Waals surface area (Å²) in [6.45, 7) is 2.46. The van der Waals surface area contributed by atoms with Gasteiger partial charge < -0.3 is 19.1 Å². The summed E-state index contributed by atoms with van der Waals surface area (Å²) in [5.74, 6) is 2.05. The third-order valence-electron chi connectivity index (χ3n) is 3.89. The van der Waals surface area contributed by atoms with Crippen molar-refractivity contribution >= 4 is 11.6 Å². The first-order valence-corrected chi connectivity index (χ1v) is 7.18. The number of anilines is 1. The van der Waals surface area contributed by atoms with Crippen molar-refractivity contribution in [2.45, 2.75) is 19.6 Å². The van der Waals surface area contributed by atoms with Gasteiger partial charge in [0.05, 0.1) is 6.54 Å². The summed E-state index contributed by atoms with van der Waals surface area (Å²) in [5, 5.41) is 0. The quantitative estimate of drug-likeness (QED) is 0.812. The smallest absolute Gasteiger partial charge is 0.268 e. The van der Waals surface area contributed by atoms with E-state index in [1.54, 1.807) is 11.8 Å². The van der Waals surface area contributed by atoms with Gasteiger partial charge in [0, 0.05) is 17.3 Å². The molecule has 2 aliphatic heterocycles. The third kappa shape index (κ3) is 2.06. The number of benzene rings is 2. The Hall–Kier alpha value is -2.69. The number of nitrogens with zero attached hydrogens (tertiary/aromatic N) is 1. The molecule has 4 rings (SSSR count). The molecule has 2 heterocycles. The van der Waals surface area contributed by atoms with Gasteiger partial charge in [0.15, 0.2) is 17.6 Å². The van der Waals surface area contributed by atoms with Crippen molar-refractivity contribution in [3.63, 3.8) is 0 Å². The Bertz CT molecular complexity index is 743. The predicted octanol–water partition coefficient (Wildman–Crippen LogP) is 2.73.